The van der Waals surface area contributed by atoms with Gasteiger partial charge in [0.05, 0.1) is 17.3 Å². The molecule has 236 valence electrons. The number of carbonyl (C=O) groups is 2. The summed E-state index contributed by atoms with van der Waals surface area (Å²) in [5, 5.41) is 17.6. The molecule has 2 aromatic heterocycles. The van der Waals surface area contributed by atoms with Crippen molar-refractivity contribution in [1.29, 1.82) is 0 Å². The molecule has 0 radical (unpaired) electrons. The SMILES string of the molecule is CC(C)(C)C(=O)N1CCC(Nc2cc(C(=O)NC[C@H](O)CN3CCc4c(ccc(OCc5cnco5)c4Cl)C3)ccn2)CC1. The number of hydrogen-bond donors (Lipinski definition) is 3. The molecule has 1 saturated heterocycles. The number of hydrogen-bond acceptors (Lipinski definition) is 9. The average molecular weight is 625 g/mol. The van der Waals surface area contributed by atoms with Gasteiger partial charge in [-0.15, -0.1) is 0 Å². The van der Waals surface area contributed by atoms with Gasteiger partial charge in [-0.1, -0.05) is 38.4 Å². The van der Waals surface area contributed by atoms with Crippen LogP contribution in [-0.4, -0.2) is 81.6 Å². The third-order valence-corrected chi connectivity index (χ3v) is 8.41. The van der Waals surface area contributed by atoms with E-state index in [1.807, 2.05) is 37.8 Å². The molecule has 0 aliphatic carbocycles. The smallest absolute Gasteiger partial charge is 0.251 e. The minimum Gasteiger partial charge on any atom is -0.484 e. The van der Waals surface area contributed by atoms with E-state index in [1.54, 1.807) is 24.5 Å². The van der Waals surface area contributed by atoms with Crippen LogP contribution in [0.4, 0.5) is 5.82 Å². The number of halogens is 1. The van der Waals surface area contributed by atoms with E-state index in [-0.39, 0.29) is 36.4 Å². The number of likely N-dealkylation sites (tertiary alicyclic amines) is 1. The summed E-state index contributed by atoms with van der Waals surface area (Å²) in [6, 6.07) is 7.41. The molecular weight excluding hydrogens is 584 g/mol. The summed E-state index contributed by atoms with van der Waals surface area (Å²) in [7, 11) is 0. The Balaban J connectivity index is 1.06. The summed E-state index contributed by atoms with van der Waals surface area (Å²) < 4.78 is 11.0. The number of rotatable bonds is 10. The first-order chi connectivity index (χ1) is 21.1. The maximum Gasteiger partial charge on any atom is 0.251 e. The fraction of sp³-hybridized carbons (Fsp3) is 0.500. The second-order valence-corrected chi connectivity index (χ2v) is 12.9. The molecular formula is C32H41ClN6O5. The van der Waals surface area contributed by atoms with Crippen molar-refractivity contribution in [2.75, 3.05) is 38.0 Å². The normalized spacial score (nSPS) is 16.7. The summed E-state index contributed by atoms with van der Waals surface area (Å²) in [5.41, 5.74) is 2.22. The van der Waals surface area contributed by atoms with Crippen molar-refractivity contribution in [2.45, 2.75) is 65.3 Å². The van der Waals surface area contributed by atoms with E-state index in [0.717, 1.165) is 36.9 Å². The molecule has 3 aromatic rings. The van der Waals surface area contributed by atoms with Gasteiger partial charge < -0.3 is 29.8 Å². The first kappa shape index (κ1) is 31.7. The van der Waals surface area contributed by atoms with Gasteiger partial charge in [-0.25, -0.2) is 9.97 Å². The Morgan fingerprint density at radius 1 is 1.20 bits per heavy atom. The Hall–Kier alpha value is -3.67. The molecule has 4 heterocycles. The third kappa shape index (κ3) is 8.08. The Morgan fingerprint density at radius 2 is 2.00 bits per heavy atom. The van der Waals surface area contributed by atoms with E-state index in [0.29, 0.717) is 54.1 Å². The Bertz CT molecular complexity index is 1440. The predicted octanol–water partition coefficient (Wildman–Crippen LogP) is 3.90. The molecule has 2 aliphatic heterocycles. The number of anilines is 1. The van der Waals surface area contributed by atoms with Crippen molar-refractivity contribution in [3.63, 3.8) is 0 Å². The lowest BCUT2D eigenvalue weighted by molar-refractivity contribution is -0.140. The highest BCUT2D eigenvalue weighted by Gasteiger charge is 2.30. The average Bonchev–Trinajstić information content (AvgIpc) is 3.53. The van der Waals surface area contributed by atoms with E-state index >= 15 is 0 Å². The number of aromatic nitrogens is 2. The van der Waals surface area contributed by atoms with Crippen molar-refractivity contribution in [2.24, 2.45) is 5.41 Å². The number of fused-ring (bicyclic) bond motifs is 1. The first-order valence-corrected chi connectivity index (χ1v) is 15.5. The zero-order chi connectivity index (χ0) is 31.3. The fourth-order valence-electron chi connectivity index (χ4n) is 5.61. The molecule has 0 bridgehead atoms. The molecule has 44 heavy (non-hydrogen) atoms. The van der Waals surface area contributed by atoms with Gasteiger partial charge >= 0.3 is 0 Å². The minimum absolute atomic E-state index is 0.128. The summed E-state index contributed by atoms with van der Waals surface area (Å²) in [4.78, 5) is 37.8. The number of nitrogens with zero attached hydrogens (tertiary/aromatic N) is 4. The van der Waals surface area contributed by atoms with Crippen molar-refractivity contribution in [3.05, 3.63) is 70.5 Å². The molecule has 2 amide bonds. The quantitative estimate of drug-likeness (QED) is 0.307. The Labute approximate surface area is 262 Å². The van der Waals surface area contributed by atoms with Crippen molar-refractivity contribution in [3.8, 4) is 5.75 Å². The topological polar surface area (TPSA) is 133 Å². The summed E-state index contributed by atoms with van der Waals surface area (Å²) in [6.45, 7) is 9.39. The number of piperidine rings is 1. The van der Waals surface area contributed by atoms with Gasteiger partial charge in [0, 0.05) is 62.5 Å². The van der Waals surface area contributed by atoms with Crippen molar-refractivity contribution >= 4 is 29.2 Å². The number of pyridine rings is 1. The fourth-order valence-corrected chi connectivity index (χ4v) is 5.95. The number of carbonyl (C=O) groups excluding carboxylic acids is 2. The third-order valence-electron chi connectivity index (χ3n) is 8.00. The largest absolute Gasteiger partial charge is 0.484 e. The van der Waals surface area contributed by atoms with Crippen molar-refractivity contribution < 1.29 is 23.8 Å². The molecule has 2 aliphatic rings. The van der Waals surface area contributed by atoms with Crippen LogP contribution in [0.15, 0.2) is 47.5 Å². The summed E-state index contributed by atoms with van der Waals surface area (Å²) >= 11 is 6.65. The number of aliphatic hydroxyl groups is 1. The second-order valence-electron chi connectivity index (χ2n) is 12.5. The van der Waals surface area contributed by atoms with Gasteiger partial charge in [0.25, 0.3) is 5.91 Å². The zero-order valence-electron chi connectivity index (χ0n) is 25.5. The Morgan fingerprint density at radius 3 is 2.73 bits per heavy atom. The Kier molecular flexibility index (Phi) is 10.1. The molecule has 1 aromatic carbocycles. The van der Waals surface area contributed by atoms with Crippen LogP contribution >= 0.6 is 11.6 Å². The van der Waals surface area contributed by atoms with Crippen LogP contribution in [0, 0.1) is 5.41 Å². The number of nitrogens with one attached hydrogen (secondary N) is 2. The van der Waals surface area contributed by atoms with Gasteiger partial charge in [0.1, 0.15) is 18.2 Å². The maximum absolute atomic E-state index is 12.9. The standard InChI is InChI=1S/C32H41ClN6O5/c1-32(2,3)31(42)39-12-7-23(8-13-39)37-28-14-21(6-10-35-28)30(41)36-15-24(40)18-38-11-9-26-22(17-38)4-5-27(29(26)33)43-19-25-16-34-20-44-25/h4-6,10,14,16,20,23-24,40H,7-9,11-13,15,17-19H2,1-3H3,(H,35,37)(H,36,41)/t24-/m0/s1. The van der Waals surface area contributed by atoms with E-state index < -0.39 is 6.10 Å². The lowest BCUT2D eigenvalue weighted by atomic mass is 9.93. The highest BCUT2D eigenvalue weighted by Crippen LogP contribution is 2.34. The highest BCUT2D eigenvalue weighted by molar-refractivity contribution is 6.33. The first-order valence-electron chi connectivity index (χ1n) is 15.1. The van der Waals surface area contributed by atoms with Gasteiger partial charge in [-0.05, 0) is 48.6 Å². The van der Waals surface area contributed by atoms with Crippen LogP contribution < -0.4 is 15.4 Å². The molecule has 0 spiro atoms. The number of amides is 2. The van der Waals surface area contributed by atoms with Gasteiger partial charge in [0.2, 0.25) is 5.91 Å². The lowest BCUT2D eigenvalue weighted by Crippen LogP contribution is -2.46. The second kappa shape index (κ2) is 14.0. The van der Waals surface area contributed by atoms with Crippen LogP contribution in [0.3, 0.4) is 0 Å². The monoisotopic (exact) mass is 624 g/mol. The number of aliphatic hydroxyl groups excluding tert-OH is 1. The van der Waals surface area contributed by atoms with Crippen LogP contribution in [0.2, 0.25) is 5.02 Å². The zero-order valence-corrected chi connectivity index (χ0v) is 26.3. The molecule has 0 unspecified atom stereocenters. The van der Waals surface area contributed by atoms with E-state index in [9.17, 15) is 14.7 Å². The van der Waals surface area contributed by atoms with Crippen LogP contribution in [0.25, 0.3) is 0 Å². The number of oxazole rings is 1. The number of β-amino-alcohol motifs (C(OH)–C–C–N with tert-alkyl or cyclic N) is 1. The molecule has 5 rings (SSSR count). The lowest BCUT2D eigenvalue weighted by Gasteiger charge is -2.36. The van der Waals surface area contributed by atoms with E-state index in [2.05, 4.69) is 25.5 Å². The van der Waals surface area contributed by atoms with Gasteiger partial charge in [-0.3, -0.25) is 14.5 Å². The van der Waals surface area contributed by atoms with E-state index in [1.165, 1.54) is 6.39 Å². The molecule has 1 atom stereocenters. The molecule has 12 heteroatoms. The van der Waals surface area contributed by atoms with E-state index in [4.69, 9.17) is 20.8 Å². The van der Waals surface area contributed by atoms with Crippen LogP contribution in [0.1, 0.15) is 60.9 Å². The van der Waals surface area contributed by atoms with Crippen LogP contribution in [-0.2, 0) is 24.4 Å². The molecule has 11 nitrogen and oxygen atoms in total. The van der Waals surface area contributed by atoms with Crippen molar-refractivity contribution in [1.82, 2.24) is 25.1 Å². The van der Waals surface area contributed by atoms with Gasteiger partial charge in [0.15, 0.2) is 12.2 Å². The number of ether oxygens (including phenoxy) is 1. The number of benzene rings is 1. The molecule has 3 N–H and O–H groups in total. The minimum atomic E-state index is -0.735. The highest BCUT2D eigenvalue weighted by atomic mass is 35.5. The molecule has 0 saturated carbocycles. The predicted molar refractivity (Wildman–Crippen MR) is 167 cm³/mol. The van der Waals surface area contributed by atoms with Gasteiger partial charge in [-0.2, -0.15) is 0 Å². The van der Waals surface area contributed by atoms with Crippen LogP contribution in [0.5, 0.6) is 5.75 Å². The molecule has 1 fully saturated rings. The summed E-state index contributed by atoms with van der Waals surface area (Å²) in [5.74, 6) is 1.74. The summed E-state index contributed by atoms with van der Waals surface area (Å²) in [6.07, 6.45) is 6.20. The maximum atomic E-state index is 12.9.